The molecular formula is C12H10F3NO. The molecule has 1 unspecified atom stereocenters. The van der Waals surface area contributed by atoms with Crippen molar-refractivity contribution in [2.24, 2.45) is 0 Å². The Labute approximate surface area is 97.0 Å². The molecule has 1 fully saturated rings. The number of alkyl halides is 3. The standard InChI is InChI=1S/C12H10F3NO/c1-2-9-7-8-16(9)10-5-3-4-6-11(10)17-12(13,14)15/h1,3-6,9H,7-8H2. The molecule has 5 heteroatoms. The highest BCUT2D eigenvalue weighted by molar-refractivity contribution is 5.62. The lowest BCUT2D eigenvalue weighted by atomic mass is 10.0. The van der Waals surface area contributed by atoms with Crippen LogP contribution in [0.3, 0.4) is 0 Å². The van der Waals surface area contributed by atoms with E-state index in [0.29, 0.717) is 12.2 Å². The van der Waals surface area contributed by atoms with Crippen LogP contribution in [0.5, 0.6) is 5.75 Å². The maximum Gasteiger partial charge on any atom is 0.573 e. The fourth-order valence-corrected chi connectivity index (χ4v) is 1.75. The van der Waals surface area contributed by atoms with Crippen LogP contribution in [0, 0.1) is 12.3 Å². The summed E-state index contributed by atoms with van der Waals surface area (Å²) in [6, 6.07) is 5.87. The molecule has 0 spiro atoms. The number of benzene rings is 1. The molecule has 2 nitrogen and oxygen atoms in total. The van der Waals surface area contributed by atoms with Gasteiger partial charge in [0.25, 0.3) is 0 Å². The number of ether oxygens (including phenoxy) is 1. The second-order valence-electron chi connectivity index (χ2n) is 3.68. The second kappa shape index (κ2) is 4.21. The van der Waals surface area contributed by atoms with E-state index in [9.17, 15) is 13.2 Å². The zero-order valence-corrected chi connectivity index (χ0v) is 8.87. The molecule has 0 saturated carbocycles. The van der Waals surface area contributed by atoms with E-state index >= 15 is 0 Å². The predicted molar refractivity (Wildman–Crippen MR) is 57.7 cm³/mol. The third-order valence-electron chi connectivity index (χ3n) is 2.61. The van der Waals surface area contributed by atoms with Crippen LogP contribution in [-0.4, -0.2) is 18.9 Å². The van der Waals surface area contributed by atoms with Gasteiger partial charge in [0.1, 0.15) is 0 Å². The third-order valence-corrected chi connectivity index (χ3v) is 2.61. The molecule has 0 bridgehead atoms. The maximum absolute atomic E-state index is 12.2. The van der Waals surface area contributed by atoms with Crippen molar-refractivity contribution >= 4 is 5.69 Å². The Kier molecular flexibility index (Phi) is 2.88. The van der Waals surface area contributed by atoms with Crippen molar-refractivity contribution in [2.75, 3.05) is 11.4 Å². The number of halogens is 3. The summed E-state index contributed by atoms with van der Waals surface area (Å²) in [4.78, 5) is 1.72. The molecule has 0 N–H and O–H groups in total. The van der Waals surface area contributed by atoms with E-state index in [1.165, 1.54) is 12.1 Å². The summed E-state index contributed by atoms with van der Waals surface area (Å²) in [5.74, 6) is 2.32. The highest BCUT2D eigenvalue weighted by Gasteiger charge is 2.35. The largest absolute Gasteiger partial charge is 0.573 e. The molecule has 1 aliphatic rings. The summed E-state index contributed by atoms with van der Waals surface area (Å²) in [6.07, 6.45) is 1.38. The summed E-state index contributed by atoms with van der Waals surface area (Å²) in [6.45, 7) is 0.646. The van der Waals surface area contributed by atoms with Crippen molar-refractivity contribution < 1.29 is 17.9 Å². The normalized spacial score (nSPS) is 19.4. The van der Waals surface area contributed by atoms with Crippen LogP contribution in [0.1, 0.15) is 6.42 Å². The molecule has 0 amide bonds. The minimum Gasteiger partial charge on any atom is -0.404 e. The SMILES string of the molecule is C#CC1CCN1c1ccccc1OC(F)(F)F. The molecule has 1 saturated heterocycles. The number of anilines is 1. The lowest BCUT2D eigenvalue weighted by Crippen LogP contribution is -2.47. The second-order valence-corrected chi connectivity index (χ2v) is 3.68. The van der Waals surface area contributed by atoms with Gasteiger partial charge in [0.15, 0.2) is 5.75 Å². The Morgan fingerprint density at radius 1 is 1.35 bits per heavy atom. The van der Waals surface area contributed by atoms with Gasteiger partial charge in [-0.3, -0.25) is 0 Å². The van der Waals surface area contributed by atoms with Crippen LogP contribution >= 0.6 is 0 Å². The molecule has 0 radical (unpaired) electrons. The zero-order valence-electron chi connectivity index (χ0n) is 8.87. The maximum atomic E-state index is 12.2. The van der Waals surface area contributed by atoms with Gasteiger partial charge in [0.05, 0.1) is 11.7 Å². The molecule has 1 atom stereocenters. The van der Waals surface area contributed by atoms with Crippen molar-refractivity contribution in [3.8, 4) is 18.1 Å². The first-order valence-electron chi connectivity index (χ1n) is 5.09. The monoisotopic (exact) mass is 241 g/mol. The lowest BCUT2D eigenvalue weighted by molar-refractivity contribution is -0.274. The van der Waals surface area contributed by atoms with Crippen LogP contribution in [-0.2, 0) is 0 Å². The van der Waals surface area contributed by atoms with Gasteiger partial charge in [-0.15, -0.1) is 19.6 Å². The summed E-state index contributed by atoms with van der Waals surface area (Å²) < 4.78 is 40.6. The Morgan fingerprint density at radius 2 is 2.06 bits per heavy atom. The first-order chi connectivity index (χ1) is 8.01. The number of para-hydroxylation sites is 2. The smallest absolute Gasteiger partial charge is 0.404 e. The van der Waals surface area contributed by atoms with Crippen molar-refractivity contribution in [2.45, 2.75) is 18.8 Å². The average Bonchev–Trinajstić information content (AvgIpc) is 2.18. The quantitative estimate of drug-likeness (QED) is 0.738. The lowest BCUT2D eigenvalue weighted by Gasteiger charge is -2.40. The number of terminal acetylenes is 1. The van der Waals surface area contributed by atoms with E-state index < -0.39 is 6.36 Å². The molecule has 2 rings (SSSR count). The van der Waals surface area contributed by atoms with Crippen molar-refractivity contribution in [3.63, 3.8) is 0 Å². The Hall–Kier alpha value is -1.83. The van der Waals surface area contributed by atoms with Gasteiger partial charge < -0.3 is 9.64 Å². The van der Waals surface area contributed by atoms with Crippen molar-refractivity contribution in [3.05, 3.63) is 24.3 Å². The molecule has 1 aliphatic heterocycles. The van der Waals surface area contributed by atoms with E-state index in [4.69, 9.17) is 6.42 Å². The van der Waals surface area contributed by atoms with Gasteiger partial charge in [-0.25, -0.2) is 0 Å². The number of hydrogen-bond donors (Lipinski definition) is 0. The van der Waals surface area contributed by atoms with Crippen molar-refractivity contribution in [1.29, 1.82) is 0 Å². The Bertz CT molecular complexity index is 450. The molecule has 1 aromatic carbocycles. The van der Waals surface area contributed by atoms with Crippen LogP contribution in [0.15, 0.2) is 24.3 Å². The van der Waals surface area contributed by atoms with Gasteiger partial charge in [0, 0.05) is 6.54 Å². The van der Waals surface area contributed by atoms with Crippen LogP contribution < -0.4 is 9.64 Å². The minimum absolute atomic E-state index is 0.145. The predicted octanol–water partition coefficient (Wildman–Crippen LogP) is 2.80. The average molecular weight is 241 g/mol. The molecule has 90 valence electrons. The van der Waals surface area contributed by atoms with Crippen LogP contribution in [0.25, 0.3) is 0 Å². The van der Waals surface area contributed by atoms with Crippen LogP contribution in [0.2, 0.25) is 0 Å². The number of nitrogens with zero attached hydrogens (tertiary/aromatic N) is 1. The summed E-state index contributed by atoms with van der Waals surface area (Å²) >= 11 is 0. The fourth-order valence-electron chi connectivity index (χ4n) is 1.75. The summed E-state index contributed by atoms with van der Waals surface area (Å²) in [5.41, 5.74) is 0.388. The van der Waals surface area contributed by atoms with Gasteiger partial charge in [0.2, 0.25) is 0 Å². The Morgan fingerprint density at radius 3 is 2.59 bits per heavy atom. The molecule has 1 heterocycles. The molecule has 17 heavy (non-hydrogen) atoms. The number of hydrogen-bond acceptors (Lipinski definition) is 2. The van der Waals surface area contributed by atoms with Gasteiger partial charge in [-0.1, -0.05) is 18.1 Å². The Balaban J connectivity index is 2.26. The number of rotatable bonds is 2. The minimum atomic E-state index is -4.69. The van der Waals surface area contributed by atoms with Gasteiger partial charge >= 0.3 is 6.36 Å². The van der Waals surface area contributed by atoms with Gasteiger partial charge in [-0.2, -0.15) is 0 Å². The highest BCUT2D eigenvalue weighted by atomic mass is 19.4. The first kappa shape index (κ1) is 11.6. The highest BCUT2D eigenvalue weighted by Crippen LogP contribution is 2.36. The zero-order chi connectivity index (χ0) is 12.5. The van der Waals surface area contributed by atoms with E-state index in [-0.39, 0.29) is 11.8 Å². The van der Waals surface area contributed by atoms with E-state index in [1.807, 2.05) is 0 Å². The summed E-state index contributed by atoms with van der Waals surface area (Å²) in [7, 11) is 0. The van der Waals surface area contributed by atoms with Crippen LogP contribution in [0.4, 0.5) is 18.9 Å². The fraction of sp³-hybridized carbons (Fsp3) is 0.333. The van der Waals surface area contributed by atoms with E-state index in [1.54, 1.807) is 17.0 Å². The molecule has 0 aromatic heterocycles. The van der Waals surface area contributed by atoms with Gasteiger partial charge in [-0.05, 0) is 18.6 Å². The topological polar surface area (TPSA) is 12.5 Å². The third kappa shape index (κ3) is 2.47. The molecular weight excluding hydrogens is 231 g/mol. The molecule has 1 aromatic rings. The first-order valence-corrected chi connectivity index (χ1v) is 5.09. The van der Waals surface area contributed by atoms with E-state index in [2.05, 4.69) is 10.7 Å². The summed E-state index contributed by atoms with van der Waals surface area (Å²) in [5, 5.41) is 0. The van der Waals surface area contributed by atoms with E-state index in [0.717, 1.165) is 6.42 Å². The molecule has 0 aliphatic carbocycles. The van der Waals surface area contributed by atoms with Crippen molar-refractivity contribution in [1.82, 2.24) is 0 Å².